The maximum atomic E-state index is 4.25. The minimum Gasteiger partial charge on any atom is -0.314 e. The van der Waals surface area contributed by atoms with E-state index in [-0.39, 0.29) is 0 Å². The Morgan fingerprint density at radius 2 is 2.00 bits per heavy atom. The first kappa shape index (κ1) is 15.7. The van der Waals surface area contributed by atoms with Crippen molar-refractivity contribution in [1.82, 2.24) is 25.2 Å². The van der Waals surface area contributed by atoms with Gasteiger partial charge < -0.3 is 10.2 Å². The molecule has 0 aromatic carbocycles. The molecule has 1 aromatic rings. The fraction of sp³-hybridized carbons (Fsp3) is 0.765. The molecule has 1 aromatic heterocycles. The molecule has 0 unspecified atom stereocenters. The molecule has 22 heavy (non-hydrogen) atoms. The lowest BCUT2D eigenvalue weighted by Gasteiger charge is -2.34. The predicted molar refractivity (Wildman–Crippen MR) is 88.4 cm³/mol. The lowest BCUT2D eigenvalue weighted by Crippen LogP contribution is -2.38. The first-order valence-corrected chi connectivity index (χ1v) is 8.74. The molecule has 2 heterocycles. The van der Waals surface area contributed by atoms with E-state index in [1.54, 1.807) is 0 Å². The SMILES string of the molecule is CNCc1cn(CC2CCN(C[C@H]3CC=CCC3)CC2)nn1. The van der Waals surface area contributed by atoms with E-state index in [0.717, 1.165) is 30.6 Å². The van der Waals surface area contributed by atoms with Crippen LogP contribution < -0.4 is 5.32 Å². The first-order chi connectivity index (χ1) is 10.8. The van der Waals surface area contributed by atoms with E-state index in [4.69, 9.17) is 0 Å². The number of piperidine rings is 1. The molecule has 0 spiro atoms. The normalized spacial score (nSPS) is 24.0. The summed E-state index contributed by atoms with van der Waals surface area (Å²) < 4.78 is 2.03. The van der Waals surface area contributed by atoms with Crippen LogP contribution in [0.25, 0.3) is 0 Å². The van der Waals surface area contributed by atoms with Crippen molar-refractivity contribution in [3.63, 3.8) is 0 Å². The van der Waals surface area contributed by atoms with Crippen LogP contribution in [-0.2, 0) is 13.1 Å². The number of hydrogen-bond donors (Lipinski definition) is 1. The number of hydrogen-bond acceptors (Lipinski definition) is 4. The molecule has 1 atom stereocenters. The van der Waals surface area contributed by atoms with Gasteiger partial charge in [0, 0.05) is 25.8 Å². The summed E-state index contributed by atoms with van der Waals surface area (Å²) in [4.78, 5) is 2.67. The number of allylic oxidation sites excluding steroid dienone is 2. The van der Waals surface area contributed by atoms with E-state index in [1.807, 2.05) is 11.7 Å². The maximum Gasteiger partial charge on any atom is 0.0964 e. The van der Waals surface area contributed by atoms with Crippen molar-refractivity contribution < 1.29 is 0 Å². The summed E-state index contributed by atoms with van der Waals surface area (Å²) in [5, 5.41) is 11.6. The van der Waals surface area contributed by atoms with E-state index in [1.165, 1.54) is 51.7 Å². The van der Waals surface area contributed by atoms with Crippen molar-refractivity contribution in [3.8, 4) is 0 Å². The summed E-state index contributed by atoms with van der Waals surface area (Å²) >= 11 is 0. The van der Waals surface area contributed by atoms with Gasteiger partial charge in [-0.05, 0) is 64.1 Å². The quantitative estimate of drug-likeness (QED) is 0.817. The Labute approximate surface area is 133 Å². The van der Waals surface area contributed by atoms with Crippen LogP contribution in [0.2, 0.25) is 0 Å². The Kier molecular flexibility index (Phi) is 5.62. The third-order valence-corrected chi connectivity index (χ3v) is 4.99. The fourth-order valence-corrected chi connectivity index (χ4v) is 3.69. The molecule has 2 aliphatic rings. The average Bonchev–Trinajstić information content (AvgIpc) is 2.98. The van der Waals surface area contributed by atoms with Crippen LogP contribution in [0.4, 0.5) is 0 Å². The zero-order valence-corrected chi connectivity index (χ0v) is 13.7. The van der Waals surface area contributed by atoms with Gasteiger partial charge in [0.25, 0.3) is 0 Å². The Morgan fingerprint density at radius 3 is 2.73 bits per heavy atom. The van der Waals surface area contributed by atoms with Crippen LogP contribution in [0, 0.1) is 11.8 Å². The van der Waals surface area contributed by atoms with E-state index >= 15 is 0 Å². The Bertz CT molecular complexity index is 473. The van der Waals surface area contributed by atoms with Crippen molar-refractivity contribution in [2.24, 2.45) is 11.8 Å². The van der Waals surface area contributed by atoms with Crippen molar-refractivity contribution in [3.05, 3.63) is 24.0 Å². The molecule has 1 aliphatic carbocycles. The van der Waals surface area contributed by atoms with Crippen LogP contribution in [-0.4, -0.2) is 46.6 Å². The maximum absolute atomic E-state index is 4.25. The average molecular weight is 303 g/mol. The molecule has 1 aliphatic heterocycles. The fourth-order valence-electron chi connectivity index (χ4n) is 3.69. The number of aromatic nitrogens is 3. The number of likely N-dealkylation sites (tertiary alicyclic amines) is 1. The van der Waals surface area contributed by atoms with Crippen LogP contribution in [0.1, 0.15) is 37.8 Å². The van der Waals surface area contributed by atoms with Gasteiger partial charge in [-0.3, -0.25) is 4.68 Å². The molecular formula is C17H29N5. The zero-order chi connectivity index (χ0) is 15.2. The van der Waals surface area contributed by atoms with Crippen molar-refractivity contribution in [1.29, 1.82) is 0 Å². The molecule has 5 nitrogen and oxygen atoms in total. The highest BCUT2D eigenvalue weighted by Gasteiger charge is 2.22. The largest absolute Gasteiger partial charge is 0.314 e. The van der Waals surface area contributed by atoms with Gasteiger partial charge in [-0.2, -0.15) is 0 Å². The molecule has 1 fully saturated rings. The third kappa shape index (κ3) is 4.40. The topological polar surface area (TPSA) is 46.0 Å². The lowest BCUT2D eigenvalue weighted by atomic mass is 9.91. The number of rotatable bonds is 6. The second kappa shape index (κ2) is 7.88. The summed E-state index contributed by atoms with van der Waals surface area (Å²) in [5.41, 5.74) is 1.03. The number of nitrogens with zero attached hydrogens (tertiary/aromatic N) is 4. The molecule has 0 bridgehead atoms. The second-order valence-corrected chi connectivity index (χ2v) is 6.86. The van der Waals surface area contributed by atoms with Crippen LogP contribution in [0.15, 0.2) is 18.3 Å². The van der Waals surface area contributed by atoms with Crippen LogP contribution in [0.3, 0.4) is 0 Å². The standard InChI is InChI=1S/C17H29N5/c1-18-11-17-14-22(20-19-17)13-16-7-9-21(10-8-16)12-15-5-3-2-4-6-15/h2-3,14-16,18H,4-13H2,1H3/t15-/m0/s1. The third-order valence-electron chi connectivity index (χ3n) is 4.99. The molecule has 0 amide bonds. The van der Waals surface area contributed by atoms with Gasteiger partial charge in [0.1, 0.15) is 0 Å². The predicted octanol–water partition coefficient (Wildman–Crippen LogP) is 2.07. The molecular weight excluding hydrogens is 274 g/mol. The molecule has 0 saturated carbocycles. The van der Waals surface area contributed by atoms with E-state index in [2.05, 4.69) is 38.9 Å². The molecule has 0 radical (unpaired) electrons. The first-order valence-electron chi connectivity index (χ1n) is 8.74. The van der Waals surface area contributed by atoms with Gasteiger partial charge in [-0.15, -0.1) is 5.10 Å². The minimum absolute atomic E-state index is 0.756. The van der Waals surface area contributed by atoms with E-state index < -0.39 is 0 Å². The molecule has 122 valence electrons. The highest BCUT2D eigenvalue weighted by Crippen LogP contribution is 2.23. The molecule has 5 heteroatoms. The Balaban J connectivity index is 1.40. The van der Waals surface area contributed by atoms with E-state index in [0.29, 0.717) is 0 Å². The summed E-state index contributed by atoms with van der Waals surface area (Å²) in [6, 6.07) is 0. The Morgan fingerprint density at radius 1 is 1.14 bits per heavy atom. The summed E-state index contributed by atoms with van der Waals surface area (Å²) in [6.07, 6.45) is 13.3. The number of nitrogens with one attached hydrogen (secondary N) is 1. The van der Waals surface area contributed by atoms with Crippen molar-refractivity contribution in [2.75, 3.05) is 26.7 Å². The van der Waals surface area contributed by atoms with Crippen LogP contribution in [0.5, 0.6) is 0 Å². The summed E-state index contributed by atoms with van der Waals surface area (Å²) in [5.74, 6) is 1.65. The van der Waals surface area contributed by atoms with Gasteiger partial charge >= 0.3 is 0 Å². The molecule has 3 rings (SSSR count). The zero-order valence-electron chi connectivity index (χ0n) is 13.7. The molecule has 1 saturated heterocycles. The van der Waals surface area contributed by atoms with Gasteiger partial charge in [0.15, 0.2) is 0 Å². The van der Waals surface area contributed by atoms with Gasteiger partial charge in [0.05, 0.1) is 5.69 Å². The Hall–Kier alpha value is -1.20. The van der Waals surface area contributed by atoms with E-state index in [9.17, 15) is 0 Å². The molecule has 1 N–H and O–H groups in total. The van der Waals surface area contributed by atoms with Gasteiger partial charge in [0.2, 0.25) is 0 Å². The van der Waals surface area contributed by atoms with Crippen molar-refractivity contribution >= 4 is 0 Å². The van der Waals surface area contributed by atoms with Gasteiger partial charge in [-0.1, -0.05) is 17.4 Å². The highest BCUT2D eigenvalue weighted by molar-refractivity contribution is 4.92. The lowest BCUT2D eigenvalue weighted by molar-refractivity contribution is 0.146. The minimum atomic E-state index is 0.756. The smallest absolute Gasteiger partial charge is 0.0964 e. The van der Waals surface area contributed by atoms with Crippen LogP contribution >= 0.6 is 0 Å². The van der Waals surface area contributed by atoms with Crippen molar-refractivity contribution in [2.45, 2.75) is 45.2 Å². The second-order valence-electron chi connectivity index (χ2n) is 6.86. The highest BCUT2D eigenvalue weighted by atomic mass is 15.4. The monoisotopic (exact) mass is 303 g/mol. The summed E-state index contributed by atoms with van der Waals surface area (Å²) in [7, 11) is 1.94. The summed E-state index contributed by atoms with van der Waals surface area (Å²) in [6.45, 7) is 5.63. The van der Waals surface area contributed by atoms with Gasteiger partial charge in [-0.25, -0.2) is 0 Å².